The van der Waals surface area contributed by atoms with E-state index in [4.69, 9.17) is 11.6 Å². The average molecular weight is 291 g/mol. The van der Waals surface area contributed by atoms with Crippen molar-refractivity contribution in [2.45, 2.75) is 46.5 Å². The molecular weight excluding hydrogens is 268 g/mol. The standard InChI is InChI=1S/C18H23ClO/c1-13(2)12-18(3)10-4-5-15(17(18)20)11-14-6-8-16(19)9-7-14/h6-9,11,13H,4-5,10,12H2,1-3H3/b15-11+. The van der Waals surface area contributed by atoms with Gasteiger partial charge in [0.1, 0.15) is 0 Å². The Hall–Kier alpha value is -1.08. The fourth-order valence-electron chi connectivity index (χ4n) is 3.28. The number of benzene rings is 1. The van der Waals surface area contributed by atoms with Crippen LogP contribution in [-0.4, -0.2) is 5.78 Å². The topological polar surface area (TPSA) is 17.1 Å². The van der Waals surface area contributed by atoms with E-state index in [2.05, 4.69) is 20.8 Å². The Bertz CT molecular complexity index is 513. The normalized spacial score (nSPS) is 25.4. The Morgan fingerprint density at radius 3 is 2.55 bits per heavy atom. The monoisotopic (exact) mass is 290 g/mol. The molecule has 2 heteroatoms. The van der Waals surface area contributed by atoms with Crippen molar-refractivity contribution in [3.8, 4) is 0 Å². The summed E-state index contributed by atoms with van der Waals surface area (Å²) in [6.45, 7) is 6.51. The van der Waals surface area contributed by atoms with Crippen LogP contribution in [0.25, 0.3) is 6.08 Å². The van der Waals surface area contributed by atoms with Gasteiger partial charge in [0.15, 0.2) is 5.78 Å². The van der Waals surface area contributed by atoms with E-state index < -0.39 is 0 Å². The van der Waals surface area contributed by atoms with Crippen LogP contribution in [0.1, 0.15) is 52.0 Å². The predicted molar refractivity (Wildman–Crippen MR) is 85.8 cm³/mol. The Morgan fingerprint density at radius 1 is 1.30 bits per heavy atom. The largest absolute Gasteiger partial charge is 0.294 e. The van der Waals surface area contributed by atoms with Gasteiger partial charge in [-0.15, -0.1) is 0 Å². The molecule has 1 aliphatic rings. The van der Waals surface area contributed by atoms with Crippen molar-refractivity contribution in [2.24, 2.45) is 11.3 Å². The third-order valence-electron chi connectivity index (χ3n) is 4.08. The molecule has 1 nitrogen and oxygen atoms in total. The van der Waals surface area contributed by atoms with Crippen LogP contribution in [0.5, 0.6) is 0 Å². The molecule has 1 fully saturated rings. The Balaban J connectivity index is 2.24. The first kappa shape index (κ1) is 15.3. The first-order chi connectivity index (χ1) is 9.40. The van der Waals surface area contributed by atoms with Gasteiger partial charge in [-0.2, -0.15) is 0 Å². The summed E-state index contributed by atoms with van der Waals surface area (Å²) in [5, 5.41) is 0.728. The number of rotatable bonds is 3. The molecule has 0 N–H and O–H groups in total. The lowest BCUT2D eigenvalue weighted by molar-refractivity contribution is -0.126. The molecule has 0 bridgehead atoms. The van der Waals surface area contributed by atoms with Crippen LogP contribution in [0.15, 0.2) is 29.8 Å². The van der Waals surface area contributed by atoms with Crippen molar-refractivity contribution < 1.29 is 4.79 Å². The van der Waals surface area contributed by atoms with Crippen LogP contribution in [0.3, 0.4) is 0 Å². The van der Waals surface area contributed by atoms with Crippen molar-refractivity contribution >= 4 is 23.5 Å². The summed E-state index contributed by atoms with van der Waals surface area (Å²) in [5.41, 5.74) is 1.86. The fraction of sp³-hybridized carbons (Fsp3) is 0.500. The summed E-state index contributed by atoms with van der Waals surface area (Å²) in [4.78, 5) is 12.8. The number of halogens is 1. The number of carbonyl (C=O) groups is 1. The van der Waals surface area contributed by atoms with E-state index in [0.29, 0.717) is 11.7 Å². The van der Waals surface area contributed by atoms with Gasteiger partial charge >= 0.3 is 0 Å². The fourth-order valence-corrected chi connectivity index (χ4v) is 3.40. The number of hydrogen-bond donors (Lipinski definition) is 0. The van der Waals surface area contributed by atoms with Crippen molar-refractivity contribution in [3.63, 3.8) is 0 Å². The van der Waals surface area contributed by atoms with Gasteiger partial charge in [0.2, 0.25) is 0 Å². The van der Waals surface area contributed by atoms with Gasteiger partial charge in [0, 0.05) is 10.4 Å². The van der Waals surface area contributed by atoms with Gasteiger partial charge in [-0.3, -0.25) is 4.79 Å². The summed E-state index contributed by atoms with van der Waals surface area (Å²) in [6.07, 6.45) is 6.03. The minimum Gasteiger partial charge on any atom is -0.294 e. The van der Waals surface area contributed by atoms with Gasteiger partial charge in [-0.1, -0.05) is 44.5 Å². The van der Waals surface area contributed by atoms with E-state index in [-0.39, 0.29) is 5.41 Å². The molecule has 1 unspecified atom stereocenters. The van der Waals surface area contributed by atoms with Crippen molar-refractivity contribution in [1.82, 2.24) is 0 Å². The number of hydrogen-bond acceptors (Lipinski definition) is 1. The minimum absolute atomic E-state index is 0.176. The van der Waals surface area contributed by atoms with E-state index in [1.807, 2.05) is 30.3 Å². The SMILES string of the molecule is CC(C)CC1(C)CCC/C(=C\c2ccc(Cl)cc2)C1=O. The zero-order valence-electron chi connectivity index (χ0n) is 12.6. The quantitative estimate of drug-likeness (QED) is 0.669. The maximum Gasteiger partial charge on any atom is 0.164 e. The maximum atomic E-state index is 12.8. The molecule has 2 rings (SSSR count). The zero-order chi connectivity index (χ0) is 14.8. The lowest BCUT2D eigenvalue weighted by atomic mass is 9.68. The van der Waals surface area contributed by atoms with Crippen LogP contribution in [0.2, 0.25) is 5.02 Å². The highest BCUT2D eigenvalue weighted by Gasteiger charge is 2.38. The highest BCUT2D eigenvalue weighted by atomic mass is 35.5. The predicted octanol–water partition coefficient (Wildman–Crippen LogP) is 5.53. The number of Topliss-reactive ketones (excluding diaryl/α,β-unsaturated/α-hetero) is 1. The Morgan fingerprint density at radius 2 is 1.95 bits per heavy atom. The molecule has 0 radical (unpaired) electrons. The third-order valence-corrected chi connectivity index (χ3v) is 4.34. The van der Waals surface area contributed by atoms with Gasteiger partial charge in [0.25, 0.3) is 0 Å². The molecule has 1 aromatic rings. The first-order valence-corrected chi connectivity index (χ1v) is 7.79. The van der Waals surface area contributed by atoms with Crippen molar-refractivity contribution in [3.05, 3.63) is 40.4 Å². The highest BCUT2D eigenvalue weighted by molar-refractivity contribution is 6.30. The number of allylic oxidation sites excluding steroid dienone is 1. The lowest BCUT2D eigenvalue weighted by Gasteiger charge is -2.34. The van der Waals surface area contributed by atoms with Crippen LogP contribution in [-0.2, 0) is 4.79 Å². The first-order valence-electron chi connectivity index (χ1n) is 7.42. The third kappa shape index (κ3) is 3.52. The zero-order valence-corrected chi connectivity index (χ0v) is 13.3. The molecule has 0 heterocycles. The second-order valence-corrected chi connectivity index (χ2v) is 7.00. The van der Waals surface area contributed by atoms with Crippen LogP contribution >= 0.6 is 11.6 Å². The molecular formula is C18H23ClO. The van der Waals surface area contributed by atoms with E-state index in [1.54, 1.807) is 0 Å². The van der Waals surface area contributed by atoms with Crippen LogP contribution in [0.4, 0.5) is 0 Å². The molecule has 20 heavy (non-hydrogen) atoms. The molecule has 0 saturated heterocycles. The second kappa shape index (κ2) is 6.13. The molecule has 1 aliphatic carbocycles. The minimum atomic E-state index is -0.176. The molecule has 0 aliphatic heterocycles. The second-order valence-electron chi connectivity index (χ2n) is 6.56. The van der Waals surface area contributed by atoms with Gasteiger partial charge in [0.05, 0.1) is 0 Å². The maximum absolute atomic E-state index is 12.8. The smallest absolute Gasteiger partial charge is 0.164 e. The molecule has 0 spiro atoms. The molecule has 0 amide bonds. The summed E-state index contributed by atoms with van der Waals surface area (Å²) >= 11 is 5.90. The summed E-state index contributed by atoms with van der Waals surface area (Å²) in [7, 11) is 0. The van der Waals surface area contributed by atoms with Crippen molar-refractivity contribution in [1.29, 1.82) is 0 Å². The summed E-state index contributed by atoms with van der Waals surface area (Å²) in [5.74, 6) is 0.895. The van der Waals surface area contributed by atoms with E-state index in [1.165, 1.54) is 0 Å². The van der Waals surface area contributed by atoms with Crippen LogP contribution in [0, 0.1) is 11.3 Å². The summed E-state index contributed by atoms with van der Waals surface area (Å²) < 4.78 is 0. The van der Waals surface area contributed by atoms with E-state index >= 15 is 0 Å². The van der Waals surface area contributed by atoms with E-state index in [9.17, 15) is 4.79 Å². The van der Waals surface area contributed by atoms with Gasteiger partial charge in [-0.25, -0.2) is 0 Å². The Kier molecular flexibility index (Phi) is 4.70. The van der Waals surface area contributed by atoms with Crippen molar-refractivity contribution in [2.75, 3.05) is 0 Å². The van der Waals surface area contributed by atoms with Crippen LogP contribution < -0.4 is 0 Å². The highest BCUT2D eigenvalue weighted by Crippen LogP contribution is 2.41. The Labute approximate surface area is 127 Å². The molecule has 1 aromatic carbocycles. The number of carbonyl (C=O) groups excluding carboxylic acids is 1. The molecule has 0 aromatic heterocycles. The van der Waals surface area contributed by atoms with Gasteiger partial charge in [-0.05, 0) is 60.9 Å². The molecule has 108 valence electrons. The molecule has 1 atom stereocenters. The average Bonchev–Trinajstić information content (AvgIpc) is 2.37. The number of ketones is 1. The summed E-state index contributed by atoms with van der Waals surface area (Å²) in [6, 6.07) is 7.68. The van der Waals surface area contributed by atoms with E-state index in [0.717, 1.165) is 41.8 Å². The molecule has 1 saturated carbocycles. The van der Waals surface area contributed by atoms with Gasteiger partial charge < -0.3 is 0 Å². The lowest BCUT2D eigenvalue weighted by Crippen LogP contribution is -2.34.